The lowest BCUT2D eigenvalue weighted by molar-refractivity contribution is 0.444. The summed E-state index contributed by atoms with van der Waals surface area (Å²) in [4.78, 5) is 0. The van der Waals surface area contributed by atoms with Crippen molar-refractivity contribution < 1.29 is 4.39 Å². The van der Waals surface area contributed by atoms with Crippen LogP contribution in [0.15, 0.2) is 18.2 Å². The van der Waals surface area contributed by atoms with Crippen molar-refractivity contribution in [3.63, 3.8) is 0 Å². The SMILES string of the molecule is Cc1cc([C@H](N)C2CCCC2)ccc1F. The van der Waals surface area contributed by atoms with Crippen molar-refractivity contribution in [3.8, 4) is 0 Å². The molecule has 0 spiro atoms. The zero-order valence-electron chi connectivity index (χ0n) is 9.17. The van der Waals surface area contributed by atoms with E-state index in [4.69, 9.17) is 5.73 Å². The van der Waals surface area contributed by atoms with Crippen LogP contribution in [-0.2, 0) is 0 Å². The second-order valence-corrected chi connectivity index (χ2v) is 4.58. The molecule has 1 saturated carbocycles. The molecular weight excluding hydrogens is 189 g/mol. The molecule has 2 heteroatoms. The third-order valence-electron chi connectivity index (χ3n) is 3.47. The minimum atomic E-state index is -0.141. The molecule has 2 rings (SSSR count). The third-order valence-corrected chi connectivity index (χ3v) is 3.47. The molecule has 1 aromatic rings. The first kappa shape index (κ1) is 10.6. The number of aryl methyl sites for hydroxylation is 1. The van der Waals surface area contributed by atoms with Crippen LogP contribution < -0.4 is 5.73 Å². The second kappa shape index (κ2) is 4.31. The van der Waals surface area contributed by atoms with Crippen molar-refractivity contribution in [2.75, 3.05) is 0 Å². The van der Waals surface area contributed by atoms with Gasteiger partial charge in [0, 0.05) is 6.04 Å². The summed E-state index contributed by atoms with van der Waals surface area (Å²) in [5.41, 5.74) is 7.98. The van der Waals surface area contributed by atoms with E-state index < -0.39 is 0 Å². The zero-order chi connectivity index (χ0) is 10.8. The summed E-state index contributed by atoms with van der Waals surface area (Å²) in [5, 5.41) is 0. The van der Waals surface area contributed by atoms with Crippen LogP contribution in [0.5, 0.6) is 0 Å². The minimum Gasteiger partial charge on any atom is -0.324 e. The Hall–Kier alpha value is -0.890. The van der Waals surface area contributed by atoms with Gasteiger partial charge < -0.3 is 5.73 Å². The number of hydrogen-bond acceptors (Lipinski definition) is 1. The van der Waals surface area contributed by atoms with Crippen LogP contribution in [0.4, 0.5) is 4.39 Å². The van der Waals surface area contributed by atoms with Gasteiger partial charge in [-0.25, -0.2) is 4.39 Å². The van der Waals surface area contributed by atoms with E-state index in [1.54, 1.807) is 6.92 Å². The number of nitrogens with two attached hydrogens (primary N) is 1. The molecule has 0 aliphatic heterocycles. The number of hydrogen-bond donors (Lipinski definition) is 1. The maximum absolute atomic E-state index is 13.1. The summed E-state index contributed by atoms with van der Waals surface area (Å²) in [6.45, 7) is 1.79. The molecule has 0 heterocycles. The van der Waals surface area contributed by atoms with Gasteiger partial charge in [0.15, 0.2) is 0 Å². The van der Waals surface area contributed by atoms with E-state index in [-0.39, 0.29) is 11.9 Å². The van der Waals surface area contributed by atoms with Crippen LogP contribution in [0.3, 0.4) is 0 Å². The average Bonchev–Trinajstić information content (AvgIpc) is 2.74. The van der Waals surface area contributed by atoms with Gasteiger partial charge in [0.25, 0.3) is 0 Å². The highest BCUT2D eigenvalue weighted by Gasteiger charge is 2.23. The molecule has 1 fully saturated rings. The van der Waals surface area contributed by atoms with Gasteiger partial charge in [-0.1, -0.05) is 25.0 Å². The lowest BCUT2D eigenvalue weighted by Crippen LogP contribution is -2.19. The Bertz CT molecular complexity index is 342. The van der Waals surface area contributed by atoms with E-state index in [2.05, 4.69) is 0 Å². The number of rotatable bonds is 2. The summed E-state index contributed by atoms with van der Waals surface area (Å²) in [7, 11) is 0. The molecule has 1 aliphatic rings. The fourth-order valence-electron chi connectivity index (χ4n) is 2.46. The van der Waals surface area contributed by atoms with Gasteiger partial charge in [-0.15, -0.1) is 0 Å². The summed E-state index contributed by atoms with van der Waals surface area (Å²) < 4.78 is 13.1. The van der Waals surface area contributed by atoms with Crippen LogP contribution in [0.2, 0.25) is 0 Å². The van der Waals surface area contributed by atoms with Crippen LogP contribution in [0.1, 0.15) is 42.9 Å². The fourth-order valence-corrected chi connectivity index (χ4v) is 2.46. The van der Waals surface area contributed by atoms with Gasteiger partial charge in [0.1, 0.15) is 5.82 Å². The smallest absolute Gasteiger partial charge is 0.126 e. The van der Waals surface area contributed by atoms with E-state index >= 15 is 0 Å². The molecule has 0 unspecified atom stereocenters. The molecule has 0 aromatic heterocycles. The summed E-state index contributed by atoms with van der Waals surface area (Å²) in [6.07, 6.45) is 5.02. The van der Waals surface area contributed by atoms with E-state index in [0.717, 1.165) is 5.56 Å². The summed E-state index contributed by atoms with van der Waals surface area (Å²) in [6, 6.07) is 5.33. The normalized spacial score (nSPS) is 19.4. The Morgan fingerprint density at radius 3 is 2.60 bits per heavy atom. The maximum Gasteiger partial charge on any atom is 0.126 e. The van der Waals surface area contributed by atoms with E-state index in [0.29, 0.717) is 11.5 Å². The van der Waals surface area contributed by atoms with E-state index in [9.17, 15) is 4.39 Å². The predicted molar refractivity (Wildman–Crippen MR) is 60.0 cm³/mol. The summed E-state index contributed by atoms with van der Waals surface area (Å²) >= 11 is 0. The van der Waals surface area contributed by atoms with Crippen LogP contribution in [0.25, 0.3) is 0 Å². The second-order valence-electron chi connectivity index (χ2n) is 4.58. The largest absolute Gasteiger partial charge is 0.324 e. The molecule has 1 aliphatic carbocycles. The highest BCUT2D eigenvalue weighted by Crippen LogP contribution is 2.34. The van der Waals surface area contributed by atoms with Crippen molar-refractivity contribution in [2.24, 2.45) is 11.7 Å². The zero-order valence-corrected chi connectivity index (χ0v) is 9.17. The summed E-state index contributed by atoms with van der Waals surface area (Å²) in [5.74, 6) is 0.451. The third kappa shape index (κ3) is 2.20. The standard InChI is InChI=1S/C13H18FN/c1-9-8-11(6-7-12(9)14)13(15)10-4-2-3-5-10/h6-8,10,13H,2-5,15H2,1H3/t13-/m1/s1. The molecule has 0 amide bonds. The van der Waals surface area contributed by atoms with Gasteiger partial charge in [0.05, 0.1) is 0 Å². The van der Waals surface area contributed by atoms with Gasteiger partial charge in [-0.2, -0.15) is 0 Å². The van der Waals surface area contributed by atoms with Crippen molar-refractivity contribution in [1.29, 1.82) is 0 Å². The Balaban J connectivity index is 2.17. The molecule has 15 heavy (non-hydrogen) atoms. The van der Waals surface area contributed by atoms with E-state index in [1.165, 1.54) is 31.7 Å². The fraction of sp³-hybridized carbons (Fsp3) is 0.538. The van der Waals surface area contributed by atoms with Crippen LogP contribution >= 0.6 is 0 Å². The molecule has 1 atom stereocenters. The van der Waals surface area contributed by atoms with Crippen molar-refractivity contribution >= 4 is 0 Å². The first-order chi connectivity index (χ1) is 7.18. The Morgan fingerprint density at radius 2 is 2.00 bits per heavy atom. The minimum absolute atomic E-state index is 0.0896. The van der Waals surface area contributed by atoms with Crippen molar-refractivity contribution in [3.05, 3.63) is 35.1 Å². The first-order valence-electron chi connectivity index (χ1n) is 5.70. The Morgan fingerprint density at radius 1 is 1.33 bits per heavy atom. The number of halogens is 1. The first-order valence-corrected chi connectivity index (χ1v) is 5.70. The van der Waals surface area contributed by atoms with E-state index in [1.807, 2.05) is 12.1 Å². The molecule has 82 valence electrons. The molecule has 0 bridgehead atoms. The maximum atomic E-state index is 13.1. The van der Waals surface area contributed by atoms with Gasteiger partial charge in [-0.05, 0) is 42.9 Å². The van der Waals surface area contributed by atoms with Crippen LogP contribution in [-0.4, -0.2) is 0 Å². The quantitative estimate of drug-likeness (QED) is 0.791. The van der Waals surface area contributed by atoms with Gasteiger partial charge in [-0.3, -0.25) is 0 Å². The topological polar surface area (TPSA) is 26.0 Å². The average molecular weight is 207 g/mol. The molecule has 1 aromatic carbocycles. The van der Waals surface area contributed by atoms with Crippen molar-refractivity contribution in [2.45, 2.75) is 38.6 Å². The molecule has 0 radical (unpaired) electrons. The molecule has 1 nitrogen and oxygen atoms in total. The Kier molecular flexibility index (Phi) is 3.06. The highest BCUT2D eigenvalue weighted by molar-refractivity contribution is 5.26. The highest BCUT2D eigenvalue weighted by atomic mass is 19.1. The predicted octanol–water partition coefficient (Wildman–Crippen LogP) is 3.32. The lowest BCUT2D eigenvalue weighted by atomic mass is 9.92. The molecular formula is C13H18FN. The van der Waals surface area contributed by atoms with Gasteiger partial charge >= 0.3 is 0 Å². The lowest BCUT2D eigenvalue weighted by Gasteiger charge is -2.19. The Labute approximate surface area is 90.5 Å². The number of benzene rings is 1. The molecule has 0 saturated heterocycles. The van der Waals surface area contributed by atoms with Crippen LogP contribution in [0, 0.1) is 18.7 Å². The molecule has 2 N–H and O–H groups in total. The monoisotopic (exact) mass is 207 g/mol. The van der Waals surface area contributed by atoms with Gasteiger partial charge in [0.2, 0.25) is 0 Å². The van der Waals surface area contributed by atoms with Crippen molar-refractivity contribution in [1.82, 2.24) is 0 Å².